The maximum absolute atomic E-state index is 13.2. The summed E-state index contributed by atoms with van der Waals surface area (Å²) in [5.41, 5.74) is -0.00160. The smallest absolute Gasteiger partial charge is 0.157 e. The van der Waals surface area contributed by atoms with Crippen LogP contribution in [0.1, 0.15) is 38.7 Å². The van der Waals surface area contributed by atoms with Gasteiger partial charge in [-0.15, -0.1) is 0 Å². The van der Waals surface area contributed by atoms with Crippen molar-refractivity contribution >= 4 is 0 Å². The van der Waals surface area contributed by atoms with Gasteiger partial charge in [-0.1, -0.05) is 0 Å². The number of halogens is 2. The lowest BCUT2D eigenvalue weighted by molar-refractivity contribution is -0.161. The van der Waals surface area contributed by atoms with E-state index in [2.05, 4.69) is 5.32 Å². The normalized spacial score (nSPS) is 19.7. The van der Waals surface area contributed by atoms with Gasteiger partial charge in [0.1, 0.15) is 11.6 Å². The van der Waals surface area contributed by atoms with E-state index in [1.54, 1.807) is 0 Å². The van der Waals surface area contributed by atoms with Crippen molar-refractivity contribution in [3.63, 3.8) is 0 Å². The average molecular weight is 298 g/mol. The van der Waals surface area contributed by atoms with Crippen molar-refractivity contribution in [3.8, 4) is 0 Å². The highest BCUT2D eigenvalue weighted by Crippen LogP contribution is 2.21. The largest absolute Gasteiger partial charge is 0.353 e. The van der Waals surface area contributed by atoms with Crippen molar-refractivity contribution in [2.24, 2.45) is 0 Å². The fraction of sp³-hybridized carbons (Fsp3) is 0.625. The zero-order chi connectivity index (χ0) is 15.3. The highest BCUT2D eigenvalue weighted by Gasteiger charge is 2.21. The van der Waals surface area contributed by atoms with Crippen LogP contribution in [0.2, 0.25) is 0 Å². The van der Waals surface area contributed by atoms with Crippen LogP contribution >= 0.6 is 0 Å². The molecule has 0 saturated carbocycles. The summed E-state index contributed by atoms with van der Waals surface area (Å²) >= 11 is 0. The highest BCUT2D eigenvalue weighted by molar-refractivity contribution is 5.24. The van der Waals surface area contributed by atoms with Gasteiger partial charge in [0.25, 0.3) is 0 Å². The molecule has 1 aromatic carbocycles. The molecule has 3 nitrogen and oxygen atoms in total. The molecule has 1 atom stereocenters. The molecule has 117 valence electrons. The van der Waals surface area contributed by atoms with Crippen molar-refractivity contribution in [1.29, 1.82) is 0 Å². The van der Waals surface area contributed by atoms with Gasteiger partial charge in [-0.2, -0.15) is 0 Å². The van der Waals surface area contributed by atoms with Crippen molar-refractivity contribution in [1.82, 2.24) is 5.32 Å². The van der Waals surface area contributed by atoms with E-state index in [4.69, 9.17) is 9.47 Å². The van der Waals surface area contributed by atoms with Gasteiger partial charge < -0.3 is 14.8 Å². The predicted octanol–water partition coefficient (Wildman–Crippen LogP) is 3.13. The van der Waals surface area contributed by atoms with E-state index in [-0.39, 0.29) is 6.29 Å². The number of hydrogen-bond acceptors (Lipinski definition) is 3. The lowest BCUT2D eigenvalue weighted by atomic mass is 9.94. The average Bonchev–Trinajstić information content (AvgIpc) is 2.44. The summed E-state index contributed by atoms with van der Waals surface area (Å²) in [5, 5.41) is 3.24. The molecule has 1 unspecified atom stereocenters. The third kappa shape index (κ3) is 5.02. The Bertz CT molecular complexity index is 439. The first kappa shape index (κ1) is 16.3. The van der Waals surface area contributed by atoms with Gasteiger partial charge in [0.15, 0.2) is 6.29 Å². The van der Waals surface area contributed by atoms with E-state index in [1.165, 1.54) is 12.1 Å². The minimum absolute atomic E-state index is 0.120. The molecule has 0 aliphatic carbocycles. The molecule has 1 aliphatic rings. The molecular formula is C16H22F2NO2. The second-order valence-electron chi connectivity index (χ2n) is 5.78. The molecule has 1 saturated heterocycles. The molecule has 1 aromatic rings. The SMILES string of the molecule is CC(C)(NCCOC1CCCCO1)c1cc(F)[c]c(F)c1. The summed E-state index contributed by atoms with van der Waals surface area (Å²) in [6, 6.07) is 4.58. The van der Waals surface area contributed by atoms with Gasteiger partial charge in [-0.05, 0) is 50.8 Å². The highest BCUT2D eigenvalue weighted by atomic mass is 19.1. The second kappa shape index (κ2) is 7.29. The van der Waals surface area contributed by atoms with E-state index < -0.39 is 17.2 Å². The van der Waals surface area contributed by atoms with Gasteiger partial charge >= 0.3 is 0 Å². The Kier molecular flexibility index (Phi) is 5.67. The van der Waals surface area contributed by atoms with E-state index in [0.717, 1.165) is 25.9 Å². The summed E-state index contributed by atoms with van der Waals surface area (Å²) in [4.78, 5) is 0. The van der Waals surface area contributed by atoms with Crippen LogP contribution in [-0.4, -0.2) is 26.0 Å². The van der Waals surface area contributed by atoms with E-state index in [1.807, 2.05) is 19.9 Å². The summed E-state index contributed by atoms with van der Waals surface area (Å²) in [5.74, 6) is -1.38. The Labute approximate surface area is 124 Å². The molecule has 0 bridgehead atoms. The lowest BCUT2D eigenvalue weighted by Gasteiger charge is -2.28. The summed E-state index contributed by atoms with van der Waals surface area (Å²) in [7, 11) is 0. The minimum Gasteiger partial charge on any atom is -0.353 e. The summed E-state index contributed by atoms with van der Waals surface area (Å²) in [6.07, 6.45) is 3.02. The van der Waals surface area contributed by atoms with Crippen LogP contribution in [0.3, 0.4) is 0 Å². The molecule has 1 radical (unpaired) electrons. The van der Waals surface area contributed by atoms with Crippen LogP contribution < -0.4 is 5.32 Å². The number of rotatable bonds is 6. The Morgan fingerprint density at radius 2 is 2.05 bits per heavy atom. The summed E-state index contributed by atoms with van der Waals surface area (Å²) in [6.45, 7) is 5.58. The maximum atomic E-state index is 13.2. The molecule has 0 spiro atoms. The molecule has 2 rings (SSSR count). The Balaban J connectivity index is 1.80. The van der Waals surface area contributed by atoms with Crippen LogP contribution in [-0.2, 0) is 15.0 Å². The lowest BCUT2D eigenvalue weighted by Crippen LogP contribution is -2.39. The molecule has 21 heavy (non-hydrogen) atoms. The quantitative estimate of drug-likeness (QED) is 0.819. The van der Waals surface area contributed by atoms with Crippen molar-refractivity contribution in [3.05, 3.63) is 35.4 Å². The molecule has 0 aromatic heterocycles. The van der Waals surface area contributed by atoms with Crippen molar-refractivity contribution in [2.45, 2.75) is 44.9 Å². The molecule has 1 heterocycles. The molecular weight excluding hydrogens is 276 g/mol. The number of benzene rings is 1. The molecule has 1 aliphatic heterocycles. The molecule has 1 N–H and O–H groups in total. The third-order valence-electron chi connectivity index (χ3n) is 3.64. The van der Waals surface area contributed by atoms with Crippen LogP contribution in [0, 0.1) is 17.7 Å². The fourth-order valence-corrected chi connectivity index (χ4v) is 2.36. The van der Waals surface area contributed by atoms with Crippen molar-refractivity contribution < 1.29 is 18.3 Å². The van der Waals surface area contributed by atoms with Crippen molar-refractivity contribution in [2.75, 3.05) is 19.8 Å². The van der Waals surface area contributed by atoms with Gasteiger partial charge in [-0.3, -0.25) is 0 Å². The van der Waals surface area contributed by atoms with Crippen LogP contribution in [0.5, 0.6) is 0 Å². The van der Waals surface area contributed by atoms with E-state index in [9.17, 15) is 8.78 Å². The van der Waals surface area contributed by atoms with E-state index >= 15 is 0 Å². The number of nitrogens with one attached hydrogen (secondary N) is 1. The topological polar surface area (TPSA) is 30.5 Å². The zero-order valence-electron chi connectivity index (χ0n) is 12.5. The van der Waals surface area contributed by atoms with Gasteiger partial charge in [-0.25, -0.2) is 8.78 Å². The van der Waals surface area contributed by atoms with Gasteiger partial charge in [0, 0.05) is 18.7 Å². The zero-order valence-corrected chi connectivity index (χ0v) is 12.5. The fourth-order valence-electron chi connectivity index (χ4n) is 2.36. The van der Waals surface area contributed by atoms with Crippen LogP contribution in [0.4, 0.5) is 8.78 Å². The maximum Gasteiger partial charge on any atom is 0.157 e. The first-order valence-electron chi connectivity index (χ1n) is 7.34. The Morgan fingerprint density at radius 1 is 1.33 bits per heavy atom. The first-order chi connectivity index (χ1) is 9.97. The van der Waals surface area contributed by atoms with Crippen LogP contribution in [0.15, 0.2) is 12.1 Å². The standard InChI is InChI=1S/C16H22F2NO2/c1-16(2,12-9-13(17)11-14(18)10-12)19-6-8-21-15-5-3-4-7-20-15/h9-10,15,19H,3-8H2,1-2H3. The predicted molar refractivity (Wildman–Crippen MR) is 75.8 cm³/mol. The monoisotopic (exact) mass is 298 g/mol. The Hall–Kier alpha value is -1.04. The molecule has 1 fully saturated rings. The molecule has 0 amide bonds. The van der Waals surface area contributed by atoms with E-state index in [0.29, 0.717) is 18.7 Å². The summed E-state index contributed by atoms with van der Waals surface area (Å²) < 4.78 is 37.5. The minimum atomic E-state index is -0.688. The number of hydrogen-bond donors (Lipinski definition) is 1. The van der Waals surface area contributed by atoms with Gasteiger partial charge in [0.05, 0.1) is 12.7 Å². The Morgan fingerprint density at radius 3 is 2.67 bits per heavy atom. The molecule has 5 heteroatoms. The van der Waals surface area contributed by atoms with Crippen LogP contribution in [0.25, 0.3) is 0 Å². The first-order valence-corrected chi connectivity index (χ1v) is 7.34. The number of ether oxygens (including phenoxy) is 2. The second-order valence-corrected chi connectivity index (χ2v) is 5.78. The third-order valence-corrected chi connectivity index (χ3v) is 3.64. The van der Waals surface area contributed by atoms with Gasteiger partial charge in [0.2, 0.25) is 0 Å².